The molecule has 1 heterocycles. The molecule has 2 aromatic rings. The first kappa shape index (κ1) is 14.3. The number of hydrogen-bond donors (Lipinski definition) is 2. The zero-order valence-electron chi connectivity index (χ0n) is 10.2. The first-order valence-corrected chi connectivity index (χ1v) is 5.71. The number of carboxylic acid groups (broad SMARTS) is 1. The Balaban J connectivity index is 2.49. The largest absolute Gasteiger partial charge is 0.481 e. The van der Waals surface area contributed by atoms with Crippen molar-refractivity contribution in [1.82, 2.24) is 4.98 Å². The fraction of sp³-hybridized carbons (Fsp3) is 0.231. The summed E-state index contributed by atoms with van der Waals surface area (Å²) in [7, 11) is 0. The zero-order valence-corrected chi connectivity index (χ0v) is 10.2. The highest BCUT2D eigenvalue weighted by molar-refractivity contribution is 5.86. The number of carbonyl (C=O) groups is 1. The summed E-state index contributed by atoms with van der Waals surface area (Å²) >= 11 is 0. The highest BCUT2D eigenvalue weighted by atomic mass is 19.4. The third-order valence-corrected chi connectivity index (χ3v) is 2.91. The van der Waals surface area contributed by atoms with Crippen molar-refractivity contribution < 1.29 is 23.1 Å². The van der Waals surface area contributed by atoms with E-state index in [2.05, 4.69) is 4.98 Å². The lowest BCUT2D eigenvalue weighted by atomic mass is 9.99. The Hall–Kier alpha value is -2.15. The maximum atomic E-state index is 12.8. The van der Waals surface area contributed by atoms with Crippen molar-refractivity contribution in [2.45, 2.75) is 18.6 Å². The van der Waals surface area contributed by atoms with Crippen molar-refractivity contribution in [2.75, 3.05) is 0 Å². The van der Waals surface area contributed by atoms with Crippen LogP contribution in [0, 0.1) is 0 Å². The summed E-state index contributed by atoms with van der Waals surface area (Å²) in [6.45, 7) is 0. The molecular weight excluding hydrogens is 273 g/mol. The number of pyridine rings is 1. The van der Waals surface area contributed by atoms with E-state index in [0.717, 1.165) is 6.20 Å². The van der Waals surface area contributed by atoms with Crippen molar-refractivity contribution in [2.24, 2.45) is 5.73 Å². The molecule has 0 aliphatic heterocycles. The molecule has 0 saturated heterocycles. The lowest BCUT2D eigenvalue weighted by Crippen LogP contribution is -2.15. The van der Waals surface area contributed by atoms with Gasteiger partial charge in [-0.15, -0.1) is 0 Å². The number of halogens is 3. The predicted molar refractivity (Wildman–Crippen MR) is 65.9 cm³/mol. The van der Waals surface area contributed by atoms with Gasteiger partial charge in [-0.3, -0.25) is 9.78 Å². The van der Waals surface area contributed by atoms with E-state index in [9.17, 15) is 18.0 Å². The number of benzene rings is 1. The molecule has 0 bridgehead atoms. The molecule has 3 N–H and O–H groups in total. The summed E-state index contributed by atoms with van der Waals surface area (Å²) < 4.78 is 38.4. The molecule has 0 saturated carbocycles. The van der Waals surface area contributed by atoms with E-state index < -0.39 is 23.8 Å². The molecule has 2 rings (SSSR count). The van der Waals surface area contributed by atoms with Gasteiger partial charge in [-0.1, -0.05) is 12.1 Å². The smallest absolute Gasteiger partial charge is 0.418 e. The van der Waals surface area contributed by atoms with Crippen LogP contribution < -0.4 is 5.73 Å². The summed E-state index contributed by atoms with van der Waals surface area (Å²) in [6, 6.07) is 3.36. The molecule has 20 heavy (non-hydrogen) atoms. The second-order valence-electron chi connectivity index (χ2n) is 4.37. The van der Waals surface area contributed by atoms with Crippen LogP contribution in [0.25, 0.3) is 10.8 Å². The minimum Gasteiger partial charge on any atom is -0.481 e. The van der Waals surface area contributed by atoms with Crippen LogP contribution in [0.5, 0.6) is 0 Å². The van der Waals surface area contributed by atoms with E-state index in [-0.39, 0.29) is 17.2 Å². The van der Waals surface area contributed by atoms with Crippen LogP contribution in [0.4, 0.5) is 13.2 Å². The summed E-state index contributed by atoms with van der Waals surface area (Å²) in [5, 5.41) is 8.96. The molecule has 0 aliphatic carbocycles. The van der Waals surface area contributed by atoms with Gasteiger partial charge >= 0.3 is 12.1 Å². The molecule has 0 radical (unpaired) electrons. The van der Waals surface area contributed by atoms with E-state index in [1.165, 1.54) is 24.4 Å². The number of aromatic nitrogens is 1. The van der Waals surface area contributed by atoms with E-state index >= 15 is 0 Å². The van der Waals surface area contributed by atoms with E-state index in [1.54, 1.807) is 0 Å². The van der Waals surface area contributed by atoms with Crippen molar-refractivity contribution in [3.8, 4) is 0 Å². The summed E-state index contributed by atoms with van der Waals surface area (Å²) in [5.74, 6) is -1.07. The standard InChI is InChI=1S/C13H11F3N2O2/c14-13(15,16)10-6-18-5-8-3-7(1-2-9(8)10)11(17)4-12(19)20/h1-3,5-6,11H,4,17H2,(H,19,20). The Morgan fingerprint density at radius 2 is 2.05 bits per heavy atom. The predicted octanol–water partition coefficient (Wildman–Crippen LogP) is 2.73. The second-order valence-corrected chi connectivity index (χ2v) is 4.37. The van der Waals surface area contributed by atoms with Crippen molar-refractivity contribution in [1.29, 1.82) is 0 Å². The quantitative estimate of drug-likeness (QED) is 0.908. The minimum atomic E-state index is -4.49. The topological polar surface area (TPSA) is 76.2 Å². The van der Waals surface area contributed by atoms with Crippen LogP contribution in [0.1, 0.15) is 23.6 Å². The van der Waals surface area contributed by atoms with Crippen LogP contribution in [0.3, 0.4) is 0 Å². The lowest BCUT2D eigenvalue weighted by Gasteiger charge is -2.13. The summed E-state index contributed by atoms with van der Waals surface area (Å²) in [5.41, 5.74) is 5.32. The van der Waals surface area contributed by atoms with Gasteiger partial charge in [0.25, 0.3) is 0 Å². The van der Waals surface area contributed by atoms with Gasteiger partial charge in [-0.2, -0.15) is 13.2 Å². The SMILES string of the molecule is NC(CC(=O)O)c1ccc2c(C(F)(F)F)cncc2c1. The second kappa shape index (κ2) is 5.09. The highest BCUT2D eigenvalue weighted by Gasteiger charge is 2.32. The molecule has 1 aromatic heterocycles. The van der Waals surface area contributed by atoms with Crippen molar-refractivity contribution >= 4 is 16.7 Å². The molecule has 0 fully saturated rings. The van der Waals surface area contributed by atoms with Crippen molar-refractivity contribution in [3.63, 3.8) is 0 Å². The molecule has 106 valence electrons. The number of alkyl halides is 3. The molecule has 4 nitrogen and oxygen atoms in total. The Labute approximate surface area is 112 Å². The fourth-order valence-electron chi connectivity index (χ4n) is 1.96. The third-order valence-electron chi connectivity index (χ3n) is 2.91. The Bertz CT molecular complexity index is 656. The van der Waals surface area contributed by atoms with Gasteiger partial charge in [0.05, 0.1) is 12.0 Å². The van der Waals surface area contributed by atoms with Crippen LogP contribution >= 0.6 is 0 Å². The van der Waals surface area contributed by atoms with Crippen molar-refractivity contribution in [3.05, 3.63) is 41.7 Å². The molecule has 1 unspecified atom stereocenters. The molecule has 1 aromatic carbocycles. The average molecular weight is 284 g/mol. The van der Waals surface area contributed by atoms with E-state index in [4.69, 9.17) is 10.8 Å². The van der Waals surface area contributed by atoms with Gasteiger partial charge in [-0.25, -0.2) is 0 Å². The Kier molecular flexibility index (Phi) is 3.63. The van der Waals surface area contributed by atoms with E-state index in [0.29, 0.717) is 5.56 Å². The number of rotatable bonds is 3. The summed E-state index contributed by atoms with van der Waals surface area (Å²) in [4.78, 5) is 14.2. The van der Waals surface area contributed by atoms with E-state index in [1.807, 2.05) is 0 Å². The highest BCUT2D eigenvalue weighted by Crippen LogP contribution is 2.34. The van der Waals surface area contributed by atoms with Gasteiger partial charge in [-0.05, 0) is 17.0 Å². The molecule has 1 atom stereocenters. The number of nitrogens with two attached hydrogens (primary N) is 1. The lowest BCUT2D eigenvalue weighted by molar-refractivity contribution is -0.138. The molecule has 0 aliphatic rings. The van der Waals surface area contributed by atoms with Gasteiger partial charge in [0.1, 0.15) is 0 Å². The average Bonchev–Trinajstić information content (AvgIpc) is 2.35. The van der Waals surface area contributed by atoms with Crippen LogP contribution in [0.2, 0.25) is 0 Å². The maximum Gasteiger partial charge on any atom is 0.418 e. The number of fused-ring (bicyclic) bond motifs is 1. The van der Waals surface area contributed by atoms with Crippen LogP contribution in [-0.4, -0.2) is 16.1 Å². The maximum absolute atomic E-state index is 12.8. The monoisotopic (exact) mass is 284 g/mol. The van der Waals surface area contributed by atoms with Gasteiger partial charge in [0.15, 0.2) is 0 Å². The summed E-state index contributed by atoms with van der Waals surface area (Å²) in [6.07, 6.45) is -2.73. The first-order valence-electron chi connectivity index (χ1n) is 5.71. The fourth-order valence-corrected chi connectivity index (χ4v) is 1.96. The number of carboxylic acids is 1. The minimum absolute atomic E-state index is 0.0128. The Morgan fingerprint density at radius 3 is 2.65 bits per heavy atom. The van der Waals surface area contributed by atoms with Crippen LogP contribution in [0.15, 0.2) is 30.6 Å². The zero-order chi connectivity index (χ0) is 14.9. The number of aliphatic carboxylic acids is 1. The normalized spacial score (nSPS) is 13.4. The van der Waals surface area contributed by atoms with Crippen LogP contribution in [-0.2, 0) is 11.0 Å². The van der Waals surface area contributed by atoms with Gasteiger partial charge in [0, 0.05) is 23.8 Å². The number of nitrogens with zero attached hydrogens (tertiary/aromatic N) is 1. The molecular formula is C13H11F3N2O2. The molecule has 0 spiro atoms. The number of hydrogen-bond acceptors (Lipinski definition) is 3. The van der Waals surface area contributed by atoms with Gasteiger partial charge < -0.3 is 10.8 Å². The molecule has 0 amide bonds. The first-order chi connectivity index (χ1) is 9.29. The van der Waals surface area contributed by atoms with Gasteiger partial charge in [0.2, 0.25) is 0 Å². The third kappa shape index (κ3) is 2.88. The molecule has 7 heteroatoms. The Morgan fingerprint density at radius 1 is 1.35 bits per heavy atom.